The predicted octanol–water partition coefficient (Wildman–Crippen LogP) is 4.85. The molecule has 1 heterocycles. The number of nitrogens with one attached hydrogen (secondary N) is 1. The molecule has 2 aromatic carbocycles. The summed E-state index contributed by atoms with van der Waals surface area (Å²) in [5.41, 5.74) is 9.57. The average Bonchev–Trinajstić information content (AvgIpc) is 2.61. The molecule has 1 aliphatic heterocycles. The van der Waals surface area contributed by atoms with Crippen LogP contribution in [0.25, 0.3) is 0 Å². The molecule has 26 heavy (non-hydrogen) atoms. The number of hydrogen-bond donors (Lipinski definition) is 2. The Balaban J connectivity index is 0.00000243. The zero-order valence-electron chi connectivity index (χ0n) is 14.9. The first-order valence-electron chi connectivity index (χ1n) is 8.55. The Bertz CT molecular complexity index is 743. The number of nitrogens with two attached hydrogens (primary N) is 1. The maximum Gasteiger partial charge on any atom is 0.193 e. The lowest BCUT2D eigenvalue weighted by molar-refractivity contribution is 0.0531. The summed E-state index contributed by atoms with van der Waals surface area (Å²) in [6, 6.07) is 16.6. The largest absolute Gasteiger partial charge is 0.381 e. The lowest BCUT2D eigenvalue weighted by Crippen LogP contribution is -2.38. The van der Waals surface area contributed by atoms with Gasteiger partial charge in [0.05, 0.1) is 6.54 Å². The summed E-state index contributed by atoms with van der Waals surface area (Å²) in [5, 5.41) is 3.19. The summed E-state index contributed by atoms with van der Waals surface area (Å²) in [7, 11) is 0. The van der Waals surface area contributed by atoms with Crippen molar-refractivity contribution >= 4 is 51.6 Å². The van der Waals surface area contributed by atoms with Gasteiger partial charge in [0.25, 0.3) is 0 Å². The van der Waals surface area contributed by atoms with Crippen molar-refractivity contribution in [2.24, 2.45) is 10.7 Å². The van der Waals surface area contributed by atoms with Crippen molar-refractivity contribution in [2.45, 2.75) is 25.2 Å². The second-order valence-corrected chi connectivity index (χ2v) is 7.51. The van der Waals surface area contributed by atoms with Crippen molar-refractivity contribution in [3.8, 4) is 0 Å². The van der Waals surface area contributed by atoms with Crippen LogP contribution in [0.2, 0.25) is 0 Å². The minimum Gasteiger partial charge on any atom is -0.381 e. The zero-order chi connectivity index (χ0) is 17.7. The third-order valence-electron chi connectivity index (χ3n) is 4.75. The molecule has 4 nitrogen and oxygen atoms in total. The summed E-state index contributed by atoms with van der Waals surface area (Å²) >= 11 is 3.51. The fraction of sp³-hybridized carbons (Fsp3) is 0.350. The van der Waals surface area contributed by atoms with E-state index in [1.807, 2.05) is 12.1 Å². The standard InChI is InChI=1S/C20H24BrN3O.HI/c1-15-3-2-4-18(13-15)24-19(22)23-14-20(9-11-25-12-10-20)16-5-7-17(21)8-6-16;/h2-8,13H,9-12,14H2,1H3,(H3,22,23,24);1H. The number of nitrogens with zero attached hydrogens (tertiary/aromatic N) is 1. The Kier molecular flexibility index (Phi) is 7.91. The molecule has 140 valence electrons. The molecule has 0 atom stereocenters. The molecule has 0 aliphatic carbocycles. The highest BCUT2D eigenvalue weighted by Crippen LogP contribution is 2.35. The number of guanidine groups is 1. The van der Waals surface area contributed by atoms with Gasteiger partial charge < -0.3 is 15.8 Å². The first-order valence-corrected chi connectivity index (χ1v) is 9.34. The zero-order valence-corrected chi connectivity index (χ0v) is 18.8. The lowest BCUT2D eigenvalue weighted by atomic mass is 9.74. The highest BCUT2D eigenvalue weighted by Gasteiger charge is 2.34. The van der Waals surface area contributed by atoms with Crippen LogP contribution < -0.4 is 11.1 Å². The van der Waals surface area contributed by atoms with Gasteiger partial charge in [-0.05, 0) is 55.2 Å². The monoisotopic (exact) mass is 529 g/mol. The number of anilines is 1. The second-order valence-electron chi connectivity index (χ2n) is 6.60. The van der Waals surface area contributed by atoms with Gasteiger partial charge in [-0.2, -0.15) is 0 Å². The van der Waals surface area contributed by atoms with Crippen LogP contribution in [0.1, 0.15) is 24.0 Å². The Morgan fingerprint density at radius 3 is 2.54 bits per heavy atom. The molecule has 0 amide bonds. The van der Waals surface area contributed by atoms with Crippen molar-refractivity contribution in [1.82, 2.24) is 0 Å². The third-order valence-corrected chi connectivity index (χ3v) is 5.28. The van der Waals surface area contributed by atoms with Crippen LogP contribution in [0, 0.1) is 6.92 Å². The van der Waals surface area contributed by atoms with Crippen LogP contribution in [-0.2, 0) is 10.2 Å². The van der Waals surface area contributed by atoms with Crippen molar-refractivity contribution in [3.05, 3.63) is 64.1 Å². The van der Waals surface area contributed by atoms with Gasteiger partial charge in [-0.1, -0.05) is 40.2 Å². The number of benzene rings is 2. The minimum atomic E-state index is -0.0160. The number of rotatable bonds is 4. The van der Waals surface area contributed by atoms with Crippen LogP contribution in [0.15, 0.2) is 58.0 Å². The van der Waals surface area contributed by atoms with Gasteiger partial charge in [0, 0.05) is 28.8 Å². The quantitative estimate of drug-likeness (QED) is 0.338. The fourth-order valence-corrected chi connectivity index (χ4v) is 3.51. The first-order chi connectivity index (χ1) is 12.1. The van der Waals surface area contributed by atoms with E-state index >= 15 is 0 Å². The van der Waals surface area contributed by atoms with Gasteiger partial charge >= 0.3 is 0 Å². The van der Waals surface area contributed by atoms with Gasteiger partial charge in [0.15, 0.2) is 5.96 Å². The molecule has 3 rings (SSSR count). The number of halogens is 2. The van der Waals surface area contributed by atoms with Gasteiger partial charge in [0.1, 0.15) is 0 Å². The summed E-state index contributed by atoms with van der Waals surface area (Å²) in [4.78, 5) is 4.66. The number of aryl methyl sites for hydroxylation is 1. The first kappa shape index (κ1) is 21.2. The summed E-state index contributed by atoms with van der Waals surface area (Å²) in [5.74, 6) is 0.452. The smallest absolute Gasteiger partial charge is 0.193 e. The van der Waals surface area contributed by atoms with Crippen molar-refractivity contribution < 1.29 is 4.74 Å². The molecule has 6 heteroatoms. The Morgan fingerprint density at radius 1 is 1.19 bits per heavy atom. The van der Waals surface area contributed by atoms with Crippen LogP contribution in [0.3, 0.4) is 0 Å². The molecular weight excluding hydrogens is 505 g/mol. The molecule has 1 fully saturated rings. The van der Waals surface area contributed by atoms with Gasteiger partial charge in [-0.3, -0.25) is 4.99 Å². The summed E-state index contributed by atoms with van der Waals surface area (Å²) < 4.78 is 6.67. The highest BCUT2D eigenvalue weighted by atomic mass is 127. The molecule has 2 aromatic rings. The van der Waals surface area contributed by atoms with E-state index in [2.05, 4.69) is 69.6 Å². The summed E-state index contributed by atoms with van der Waals surface area (Å²) in [6.07, 6.45) is 1.91. The predicted molar refractivity (Wildman–Crippen MR) is 123 cm³/mol. The molecule has 0 bridgehead atoms. The van der Waals surface area contributed by atoms with E-state index in [0.29, 0.717) is 12.5 Å². The normalized spacial score (nSPS) is 16.6. The maximum absolute atomic E-state index is 6.13. The molecule has 1 aliphatic rings. The van der Waals surface area contributed by atoms with E-state index < -0.39 is 0 Å². The van der Waals surface area contributed by atoms with Gasteiger partial charge in [-0.15, -0.1) is 24.0 Å². The fourth-order valence-electron chi connectivity index (χ4n) is 3.25. The Morgan fingerprint density at radius 2 is 1.88 bits per heavy atom. The number of aliphatic imine (C=N–C) groups is 1. The molecule has 3 N–H and O–H groups in total. The van der Waals surface area contributed by atoms with Crippen molar-refractivity contribution in [1.29, 1.82) is 0 Å². The Labute approximate surface area is 180 Å². The minimum absolute atomic E-state index is 0. The van der Waals surface area contributed by atoms with E-state index in [1.54, 1.807) is 0 Å². The maximum atomic E-state index is 6.13. The number of ether oxygens (including phenoxy) is 1. The van der Waals surface area contributed by atoms with Crippen molar-refractivity contribution in [2.75, 3.05) is 25.1 Å². The van der Waals surface area contributed by atoms with E-state index in [9.17, 15) is 0 Å². The van der Waals surface area contributed by atoms with Gasteiger partial charge in [0.2, 0.25) is 0 Å². The molecule has 0 spiro atoms. The van der Waals surface area contributed by atoms with Crippen LogP contribution in [-0.4, -0.2) is 25.7 Å². The topological polar surface area (TPSA) is 59.6 Å². The highest BCUT2D eigenvalue weighted by molar-refractivity contribution is 14.0. The SMILES string of the molecule is Cc1cccc(NC(N)=NCC2(c3ccc(Br)cc3)CCOCC2)c1.I. The van der Waals surface area contributed by atoms with E-state index in [1.165, 1.54) is 11.1 Å². The van der Waals surface area contributed by atoms with E-state index in [4.69, 9.17) is 10.5 Å². The Hall–Kier alpha value is -1.12. The molecule has 0 saturated carbocycles. The van der Waals surface area contributed by atoms with Gasteiger partial charge in [-0.25, -0.2) is 0 Å². The van der Waals surface area contributed by atoms with Crippen LogP contribution in [0.4, 0.5) is 5.69 Å². The second kappa shape index (κ2) is 9.71. The average molecular weight is 530 g/mol. The van der Waals surface area contributed by atoms with Crippen LogP contribution >= 0.6 is 39.9 Å². The lowest BCUT2D eigenvalue weighted by Gasteiger charge is -2.36. The van der Waals surface area contributed by atoms with Crippen molar-refractivity contribution in [3.63, 3.8) is 0 Å². The molecular formula is C20H25BrIN3O. The molecule has 0 aromatic heterocycles. The molecule has 0 unspecified atom stereocenters. The third kappa shape index (κ3) is 5.44. The summed E-state index contributed by atoms with van der Waals surface area (Å²) in [6.45, 7) is 4.24. The van der Waals surface area contributed by atoms with E-state index in [-0.39, 0.29) is 29.4 Å². The van der Waals surface area contributed by atoms with Crippen LogP contribution in [0.5, 0.6) is 0 Å². The van der Waals surface area contributed by atoms with E-state index in [0.717, 1.165) is 36.2 Å². The molecule has 1 saturated heterocycles. The molecule has 0 radical (unpaired) electrons. The number of hydrogen-bond acceptors (Lipinski definition) is 2.